The minimum atomic E-state index is 0.292. The lowest BCUT2D eigenvalue weighted by Crippen LogP contribution is -1.89. The van der Waals surface area contributed by atoms with E-state index in [-0.39, 0.29) is 0 Å². The van der Waals surface area contributed by atoms with Crippen LogP contribution in [0.25, 0.3) is 0 Å². The standard InChI is InChI=1S/C11H10BrN/c1-3-8(2)9-4-5-11(12)10(6-9)7-13/h3-6,8H,1H2,2H3. The molecule has 0 heterocycles. The zero-order valence-corrected chi connectivity index (χ0v) is 9.01. The quantitative estimate of drug-likeness (QED) is 0.719. The summed E-state index contributed by atoms with van der Waals surface area (Å²) in [5.74, 6) is 0.292. The van der Waals surface area contributed by atoms with Crippen molar-refractivity contribution in [1.82, 2.24) is 0 Å². The summed E-state index contributed by atoms with van der Waals surface area (Å²) in [7, 11) is 0. The summed E-state index contributed by atoms with van der Waals surface area (Å²) in [6, 6.07) is 7.91. The predicted molar refractivity (Wildman–Crippen MR) is 57.5 cm³/mol. The summed E-state index contributed by atoms with van der Waals surface area (Å²) in [5.41, 5.74) is 1.79. The van der Waals surface area contributed by atoms with Crippen molar-refractivity contribution in [3.8, 4) is 6.07 Å². The van der Waals surface area contributed by atoms with Crippen molar-refractivity contribution in [2.45, 2.75) is 12.8 Å². The first kappa shape index (κ1) is 10.0. The molecule has 0 spiro atoms. The summed E-state index contributed by atoms with van der Waals surface area (Å²) < 4.78 is 0.843. The highest BCUT2D eigenvalue weighted by molar-refractivity contribution is 9.10. The maximum atomic E-state index is 8.79. The first-order chi connectivity index (χ1) is 6.19. The van der Waals surface area contributed by atoms with Crippen LogP contribution in [0.3, 0.4) is 0 Å². The molecule has 0 aliphatic carbocycles. The third-order valence-electron chi connectivity index (χ3n) is 1.99. The molecule has 1 nitrogen and oxygen atoms in total. The van der Waals surface area contributed by atoms with Gasteiger partial charge in [-0.05, 0) is 39.5 Å². The van der Waals surface area contributed by atoms with E-state index in [1.807, 2.05) is 24.3 Å². The third kappa shape index (κ3) is 2.19. The topological polar surface area (TPSA) is 23.8 Å². The van der Waals surface area contributed by atoms with E-state index in [1.165, 1.54) is 0 Å². The molecule has 0 aliphatic rings. The van der Waals surface area contributed by atoms with Crippen molar-refractivity contribution >= 4 is 15.9 Å². The Bertz CT molecular complexity index is 363. The first-order valence-electron chi connectivity index (χ1n) is 4.01. The normalized spacial score (nSPS) is 11.8. The van der Waals surface area contributed by atoms with Crippen molar-refractivity contribution in [3.05, 3.63) is 46.5 Å². The average molecular weight is 236 g/mol. The molecule has 0 aromatic heterocycles. The predicted octanol–water partition coefficient (Wildman–Crippen LogP) is 3.61. The second-order valence-electron chi connectivity index (χ2n) is 2.88. The summed E-state index contributed by atoms with van der Waals surface area (Å²) in [5, 5.41) is 8.79. The minimum absolute atomic E-state index is 0.292. The first-order valence-corrected chi connectivity index (χ1v) is 4.80. The van der Waals surface area contributed by atoms with E-state index in [2.05, 4.69) is 35.5 Å². The average Bonchev–Trinajstić information content (AvgIpc) is 2.17. The smallest absolute Gasteiger partial charge is 0.100 e. The number of rotatable bonds is 2. The maximum absolute atomic E-state index is 8.79. The fraction of sp³-hybridized carbons (Fsp3) is 0.182. The molecule has 0 bridgehead atoms. The molecule has 1 rings (SSSR count). The molecule has 0 saturated carbocycles. The van der Waals surface area contributed by atoms with Gasteiger partial charge in [0.2, 0.25) is 0 Å². The largest absolute Gasteiger partial charge is 0.192 e. The van der Waals surface area contributed by atoms with Crippen LogP contribution in [0.5, 0.6) is 0 Å². The van der Waals surface area contributed by atoms with Gasteiger partial charge in [-0.2, -0.15) is 5.26 Å². The minimum Gasteiger partial charge on any atom is -0.192 e. The summed E-state index contributed by atoms with van der Waals surface area (Å²) in [6.07, 6.45) is 1.87. The fourth-order valence-electron chi connectivity index (χ4n) is 1.05. The molecule has 0 saturated heterocycles. The lowest BCUT2D eigenvalue weighted by molar-refractivity contribution is 0.969. The molecule has 1 unspecified atom stereocenters. The molecule has 2 heteroatoms. The van der Waals surface area contributed by atoms with Gasteiger partial charge < -0.3 is 0 Å². The molecule has 66 valence electrons. The molecular weight excluding hydrogens is 226 g/mol. The molecule has 0 amide bonds. The maximum Gasteiger partial charge on any atom is 0.100 e. The van der Waals surface area contributed by atoms with Crippen LogP contribution >= 0.6 is 15.9 Å². The van der Waals surface area contributed by atoms with Crippen LogP contribution in [-0.4, -0.2) is 0 Å². The number of nitriles is 1. The molecule has 1 aromatic carbocycles. The van der Waals surface area contributed by atoms with Gasteiger partial charge in [0.1, 0.15) is 6.07 Å². The fourth-order valence-corrected chi connectivity index (χ4v) is 1.38. The number of allylic oxidation sites excluding steroid dienone is 1. The Balaban J connectivity index is 3.15. The summed E-state index contributed by atoms with van der Waals surface area (Å²) in [4.78, 5) is 0. The van der Waals surface area contributed by atoms with E-state index >= 15 is 0 Å². The molecule has 0 radical (unpaired) electrons. The van der Waals surface area contributed by atoms with Gasteiger partial charge in [-0.3, -0.25) is 0 Å². The zero-order valence-electron chi connectivity index (χ0n) is 7.42. The van der Waals surface area contributed by atoms with Crippen LogP contribution in [0.4, 0.5) is 0 Å². The zero-order chi connectivity index (χ0) is 9.84. The number of hydrogen-bond donors (Lipinski definition) is 0. The van der Waals surface area contributed by atoms with Crippen LogP contribution in [0, 0.1) is 11.3 Å². The Morgan fingerprint density at radius 1 is 1.62 bits per heavy atom. The second kappa shape index (κ2) is 4.25. The van der Waals surface area contributed by atoms with Crippen LogP contribution in [0.15, 0.2) is 35.3 Å². The number of nitrogens with zero attached hydrogens (tertiary/aromatic N) is 1. The molecule has 0 N–H and O–H groups in total. The SMILES string of the molecule is C=CC(C)c1ccc(Br)c(C#N)c1. The van der Waals surface area contributed by atoms with E-state index in [1.54, 1.807) is 0 Å². The van der Waals surface area contributed by atoms with E-state index < -0.39 is 0 Å². The van der Waals surface area contributed by atoms with Crippen molar-refractivity contribution in [2.75, 3.05) is 0 Å². The van der Waals surface area contributed by atoms with Gasteiger partial charge >= 0.3 is 0 Å². The Kier molecular flexibility index (Phi) is 3.27. The molecule has 1 aromatic rings. The van der Waals surface area contributed by atoms with E-state index in [4.69, 9.17) is 5.26 Å². The Morgan fingerprint density at radius 3 is 2.85 bits per heavy atom. The molecule has 0 aliphatic heterocycles. The van der Waals surface area contributed by atoms with Gasteiger partial charge in [-0.25, -0.2) is 0 Å². The van der Waals surface area contributed by atoms with Gasteiger partial charge in [-0.15, -0.1) is 6.58 Å². The highest BCUT2D eigenvalue weighted by Crippen LogP contribution is 2.22. The van der Waals surface area contributed by atoms with Gasteiger partial charge in [-0.1, -0.05) is 19.1 Å². The summed E-state index contributed by atoms with van der Waals surface area (Å²) in [6.45, 7) is 5.77. The van der Waals surface area contributed by atoms with Crippen LogP contribution < -0.4 is 0 Å². The van der Waals surface area contributed by atoms with Crippen molar-refractivity contribution in [1.29, 1.82) is 5.26 Å². The monoisotopic (exact) mass is 235 g/mol. The van der Waals surface area contributed by atoms with Crippen LogP contribution in [-0.2, 0) is 0 Å². The van der Waals surface area contributed by atoms with E-state index in [9.17, 15) is 0 Å². The Labute approximate surface area is 86.8 Å². The number of halogens is 1. The number of benzene rings is 1. The van der Waals surface area contributed by atoms with Gasteiger partial charge in [0.25, 0.3) is 0 Å². The highest BCUT2D eigenvalue weighted by atomic mass is 79.9. The summed E-state index contributed by atoms with van der Waals surface area (Å²) >= 11 is 3.31. The van der Waals surface area contributed by atoms with Crippen LogP contribution in [0.2, 0.25) is 0 Å². The van der Waals surface area contributed by atoms with Gasteiger partial charge in [0.05, 0.1) is 5.56 Å². The molecule has 1 atom stereocenters. The van der Waals surface area contributed by atoms with E-state index in [0.717, 1.165) is 10.0 Å². The van der Waals surface area contributed by atoms with Gasteiger partial charge in [0.15, 0.2) is 0 Å². The van der Waals surface area contributed by atoms with Crippen molar-refractivity contribution < 1.29 is 0 Å². The van der Waals surface area contributed by atoms with Crippen LogP contribution in [0.1, 0.15) is 24.0 Å². The lowest BCUT2D eigenvalue weighted by atomic mass is 10.00. The Hall–Kier alpha value is -1.07. The molecule has 0 fully saturated rings. The van der Waals surface area contributed by atoms with E-state index in [0.29, 0.717) is 11.5 Å². The van der Waals surface area contributed by atoms with Crippen molar-refractivity contribution in [2.24, 2.45) is 0 Å². The van der Waals surface area contributed by atoms with Crippen molar-refractivity contribution in [3.63, 3.8) is 0 Å². The Morgan fingerprint density at radius 2 is 2.31 bits per heavy atom. The molecular formula is C11H10BrN. The lowest BCUT2D eigenvalue weighted by Gasteiger charge is -2.06. The second-order valence-corrected chi connectivity index (χ2v) is 3.73. The van der Waals surface area contributed by atoms with Gasteiger partial charge in [0, 0.05) is 4.47 Å². The number of hydrogen-bond acceptors (Lipinski definition) is 1. The highest BCUT2D eigenvalue weighted by Gasteiger charge is 2.04. The molecule has 13 heavy (non-hydrogen) atoms. The third-order valence-corrected chi connectivity index (χ3v) is 2.68.